The molecule has 1 aliphatic carbocycles. The second kappa shape index (κ2) is 5.18. The minimum absolute atomic E-state index is 0.246. The molecule has 0 radical (unpaired) electrons. The normalized spacial score (nSPS) is 21.0. The first-order valence-electron chi connectivity index (χ1n) is 5.41. The van der Waals surface area contributed by atoms with E-state index < -0.39 is 0 Å². The van der Waals surface area contributed by atoms with Crippen LogP contribution in [0, 0.1) is 5.41 Å². The first-order chi connectivity index (χ1) is 6.66. The van der Waals surface area contributed by atoms with Crippen LogP contribution in [-0.4, -0.2) is 13.1 Å². The van der Waals surface area contributed by atoms with Gasteiger partial charge in [0.2, 0.25) is 0 Å². The van der Waals surface area contributed by atoms with E-state index in [0.29, 0.717) is 5.41 Å². The Morgan fingerprint density at radius 2 is 2.00 bits per heavy atom. The maximum Gasteiger partial charge on any atom is 0.330 e. The molecular weight excluding hydrogens is 176 g/mol. The van der Waals surface area contributed by atoms with Gasteiger partial charge < -0.3 is 4.74 Å². The van der Waals surface area contributed by atoms with Crippen LogP contribution in [0.4, 0.5) is 0 Å². The molecule has 0 spiro atoms. The van der Waals surface area contributed by atoms with Crippen molar-refractivity contribution in [3.8, 4) is 0 Å². The third-order valence-corrected chi connectivity index (χ3v) is 3.13. The number of carbonyl (C=O) groups excluding carboxylic acids is 1. The van der Waals surface area contributed by atoms with E-state index in [4.69, 9.17) is 0 Å². The summed E-state index contributed by atoms with van der Waals surface area (Å²) in [4.78, 5) is 10.8. The SMILES string of the molecule is COC(=O)/C=C/CC1(C)CCCCC1. The van der Waals surface area contributed by atoms with Crippen LogP contribution >= 0.6 is 0 Å². The fourth-order valence-corrected chi connectivity index (χ4v) is 2.12. The summed E-state index contributed by atoms with van der Waals surface area (Å²) in [7, 11) is 1.41. The van der Waals surface area contributed by atoms with E-state index in [2.05, 4.69) is 11.7 Å². The number of allylic oxidation sites excluding steroid dienone is 1. The number of hydrogen-bond donors (Lipinski definition) is 0. The van der Waals surface area contributed by atoms with Crippen LogP contribution in [0.1, 0.15) is 45.4 Å². The van der Waals surface area contributed by atoms with Gasteiger partial charge in [-0.3, -0.25) is 0 Å². The standard InChI is InChI=1S/C12H20O2/c1-12(8-4-3-5-9-12)10-6-7-11(13)14-2/h6-7H,3-5,8-10H2,1-2H3/b7-6+. The summed E-state index contributed by atoms with van der Waals surface area (Å²) in [6.07, 6.45) is 11.1. The smallest absolute Gasteiger partial charge is 0.330 e. The van der Waals surface area contributed by atoms with Crippen LogP contribution < -0.4 is 0 Å². The zero-order valence-corrected chi connectivity index (χ0v) is 9.21. The number of methoxy groups -OCH3 is 1. The van der Waals surface area contributed by atoms with E-state index in [9.17, 15) is 4.79 Å². The lowest BCUT2D eigenvalue weighted by molar-refractivity contribution is -0.134. The number of esters is 1. The third-order valence-electron chi connectivity index (χ3n) is 3.13. The highest BCUT2D eigenvalue weighted by Crippen LogP contribution is 2.38. The van der Waals surface area contributed by atoms with Gasteiger partial charge in [-0.15, -0.1) is 0 Å². The Kier molecular flexibility index (Phi) is 4.18. The van der Waals surface area contributed by atoms with Gasteiger partial charge in [-0.1, -0.05) is 32.3 Å². The Morgan fingerprint density at radius 1 is 1.36 bits per heavy atom. The van der Waals surface area contributed by atoms with Crippen molar-refractivity contribution >= 4 is 5.97 Å². The molecule has 0 unspecified atom stereocenters. The second-order valence-electron chi connectivity index (χ2n) is 4.50. The van der Waals surface area contributed by atoms with Crippen LogP contribution in [0.3, 0.4) is 0 Å². The maximum absolute atomic E-state index is 10.8. The molecule has 0 aliphatic heterocycles. The van der Waals surface area contributed by atoms with E-state index in [1.54, 1.807) is 6.08 Å². The average molecular weight is 196 g/mol. The number of carbonyl (C=O) groups is 1. The Hall–Kier alpha value is -0.790. The van der Waals surface area contributed by atoms with E-state index in [1.165, 1.54) is 39.2 Å². The highest BCUT2D eigenvalue weighted by atomic mass is 16.5. The summed E-state index contributed by atoms with van der Waals surface area (Å²) >= 11 is 0. The molecule has 0 N–H and O–H groups in total. The molecule has 1 rings (SSSR count). The Balaban J connectivity index is 2.35. The van der Waals surface area contributed by atoms with Gasteiger partial charge in [0, 0.05) is 6.08 Å². The first-order valence-corrected chi connectivity index (χ1v) is 5.41. The monoisotopic (exact) mass is 196 g/mol. The fraction of sp³-hybridized carbons (Fsp3) is 0.750. The average Bonchev–Trinajstić information content (AvgIpc) is 2.18. The summed E-state index contributed by atoms with van der Waals surface area (Å²) in [5.74, 6) is -0.246. The van der Waals surface area contributed by atoms with Crippen molar-refractivity contribution in [3.05, 3.63) is 12.2 Å². The largest absolute Gasteiger partial charge is 0.466 e. The Bertz CT molecular complexity index is 212. The van der Waals surface area contributed by atoms with Gasteiger partial charge in [0.05, 0.1) is 7.11 Å². The fourth-order valence-electron chi connectivity index (χ4n) is 2.12. The molecule has 1 saturated carbocycles. The second-order valence-corrected chi connectivity index (χ2v) is 4.50. The molecule has 1 aliphatic rings. The first kappa shape index (κ1) is 11.3. The quantitative estimate of drug-likeness (QED) is 0.512. The summed E-state index contributed by atoms with van der Waals surface area (Å²) < 4.78 is 4.55. The predicted molar refractivity (Wildman–Crippen MR) is 57.0 cm³/mol. The number of ether oxygens (including phenoxy) is 1. The molecule has 0 aromatic rings. The lowest BCUT2D eigenvalue weighted by Gasteiger charge is -2.32. The van der Waals surface area contributed by atoms with Crippen molar-refractivity contribution in [1.82, 2.24) is 0 Å². The van der Waals surface area contributed by atoms with Gasteiger partial charge in [-0.05, 0) is 24.7 Å². The highest BCUT2D eigenvalue weighted by Gasteiger charge is 2.24. The van der Waals surface area contributed by atoms with Crippen molar-refractivity contribution in [2.24, 2.45) is 5.41 Å². The molecule has 0 saturated heterocycles. The molecule has 0 bridgehead atoms. The molecule has 0 heterocycles. The van der Waals surface area contributed by atoms with E-state index in [-0.39, 0.29) is 5.97 Å². The molecule has 0 amide bonds. The minimum Gasteiger partial charge on any atom is -0.466 e. The molecule has 0 aromatic carbocycles. The zero-order chi connectivity index (χ0) is 10.4. The number of rotatable bonds is 3. The van der Waals surface area contributed by atoms with E-state index in [0.717, 1.165) is 6.42 Å². The molecule has 0 aromatic heterocycles. The Morgan fingerprint density at radius 3 is 2.57 bits per heavy atom. The number of hydrogen-bond acceptors (Lipinski definition) is 2. The molecule has 1 fully saturated rings. The minimum atomic E-state index is -0.246. The summed E-state index contributed by atoms with van der Waals surface area (Å²) in [5.41, 5.74) is 0.419. The van der Waals surface area contributed by atoms with Crippen LogP contribution in [0.15, 0.2) is 12.2 Å². The van der Waals surface area contributed by atoms with Crippen LogP contribution in [-0.2, 0) is 9.53 Å². The van der Waals surface area contributed by atoms with Gasteiger partial charge in [-0.25, -0.2) is 4.79 Å². The molecule has 2 heteroatoms. The summed E-state index contributed by atoms with van der Waals surface area (Å²) in [6.45, 7) is 2.31. The summed E-state index contributed by atoms with van der Waals surface area (Å²) in [6, 6.07) is 0. The molecule has 14 heavy (non-hydrogen) atoms. The van der Waals surface area contributed by atoms with Gasteiger partial charge >= 0.3 is 5.97 Å². The Labute approximate surface area is 86.3 Å². The van der Waals surface area contributed by atoms with Gasteiger partial charge in [0.15, 0.2) is 0 Å². The van der Waals surface area contributed by atoms with Gasteiger partial charge in [-0.2, -0.15) is 0 Å². The zero-order valence-electron chi connectivity index (χ0n) is 9.21. The van der Waals surface area contributed by atoms with Crippen LogP contribution in [0.25, 0.3) is 0 Å². The molecule has 0 atom stereocenters. The van der Waals surface area contributed by atoms with Crippen LogP contribution in [0.2, 0.25) is 0 Å². The van der Waals surface area contributed by atoms with Crippen molar-refractivity contribution < 1.29 is 9.53 Å². The van der Waals surface area contributed by atoms with Crippen molar-refractivity contribution in [1.29, 1.82) is 0 Å². The predicted octanol–water partition coefficient (Wildman–Crippen LogP) is 3.08. The molecule has 2 nitrogen and oxygen atoms in total. The van der Waals surface area contributed by atoms with Crippen LogP contribution in [0.5, 0.6) is 0 Å². The van der Waals surface area contributed by atoms with Crippen molar-refractivity contribution in [3.63, 3.8) is 0 Å². The van der Waals surface area contributed by atoms with Gasteiger partial charge in [0.1, 0.15) is 0 Å². The van der Waals surface area contributed by atoms with Crippen molar-refractivity contribution in [2.75, 3.05) is 7.11 Å². The summed E-state index contributed by atoms with van der Waals surface area (Å²) in [5, 5.41) is 0. The lowest BCUT2D eigenvalue weighted by Crippen LogP contribution is -2.19. The molecule has 80 valence electrons. The lowest BCUT2D eigenvalue weighted by atomic mass is 9.73. The van der Waals surface area contributed by atoms with Gasteiger partial charge in [0.25, 0.3) is 0 Å². The third kappa shape index (κ3) is 3.52. The highest BCUT2D eigenvalue weighted by molar-refractivity contribution is 5.81. The molecular formula is C12H20O2. The van der Waals surface area contributed by atoms with Crippen molar-refractivity contribution in [2.45, 2.75) is 45.4 Å². The van der Waals surface area contributed by atoms with E-state index >= 15 is 0 Å². The maximum atomic E-state index is 10.8. The van der Waals surface area contributed by atoms with E-state index in [1.807, 2.05) is 6.08 Å². The topological polar surface area (TPSA) is 26.3 Å².